The Kier molecular flexibility index (Phi) is 17.0. The van der Waals surface area contributed by atoms with E-state index >= 15 is 0 Å². The van der Waals surface area contributed by atoms with E-state index < -0.39 is 0 Å². The summed E-state index contributed by atoms with van der Waals surface area (Å²) in [5, 5.41) is 17.0. The minimum Gasteiger partial charge on any atom is -0.456 e. The monoisotopic (exact) mass is 1530 g/mol. The van der Waals surface area contributed by atoms with E-state index in [4.69, 9.17) is 39.4 Å². The maximum absolute atomic E-state index is 6.26. The highest BCUT2D eigenvalue weighted by Crippen LogP contribution is 2.46. The lowest BCUT2D eigenvalue weighted by Gasteiger charge is -2.26. The second kappa shape index (κ2) is 28.9. The highest BCUT2D eigenvalue weighted by molar-refractivity contribution is 6.30. The Balaban J connectivity index is 0.000000136. The molecule has 5 aromatic heterocycles. The fourth-order valence-corrected chi connectivity index (χ4v) is 17.5. The molecule has 0 aliphatic heterocycles. The number of halogens is 1. The quantitative estimate of drug-likeness (QED) is 0.136. The molecular weight excluding hydrogens is 1460 g/mol. The van der Waals surface area contributed by atoms with Gasteiger partial charge in [-0.1, -0.05) is 272 Å². The summed E-state index contributed by atoms with van der Waals surface area (Å²) in [5.74, 6) is 0. The molecule has 8 heteroatoms. The van der Waals surface area contributed by atoms with Crippen molar-refractivity contribution in [3.63, 3.8) is 0 Å². The van der Waals surface area contributed by atoms with Crippen LogP contribution in [0, 0.1) is 0 Å². The third-order valence-corrected chi connectivity index (χ3v) is 23.3. The van der Waals surface area contributed by atoms with Crippen molar-refractivity contribution in [3.05, 3.63) is 411 Å². The van der Waals surface area contributed by atoms with Gasteiger partial charge < -0.3 is 32.7 Å². The molecule has 0 aliphatic rings. The molecule has 19 aromatic carbocycles. The van der Waals surface area contributed by atoms with E-state index in [0.29, 0.717) is 0 Å². The van der Waals surface area contributed by atoms with Crippen LogP contribution in [0.15, 0.2) is 429 Å². The second-order valence-electron chi connectivity index (χ2n) is 30.0. The predicted octanol–water partition coefficient (Wildman–Crippen LogP) is 32.2. The zero-order chi connectivity index (χ0) is 78.3. The molecule has 0 fully saturated rings. The zero-order valence-corrected chi connectivity index (χ0v) is 64.4. The topological polar surface area (TPSA) is 95.0 Å². The number of nitrogens with zero attached hydrogens (tertiary/aromatic N) is 1. The fraction of sp³-hybridized carbons (Fsp3) is 0. The lowest BCUT2D eigenvalue weighted by atomic mass is 9.95. The minimum atomic E-state index is 0.748. The molecule has 0 amide bonds. The standard InChI is InChI=1S/C64H39NO3.C28H19NO.C18H11ClO/c1-4-16-56-53(10-1)62-50(13-7-19-59(62)66-56)41-28-34-48(35-29-41)65(49-36-30-42(31-37-49)51-14-8-20-60-63(51)54-11-2-5-17-57(54)67-60)47-32-26-40(27-33-47)43-22-23-45-39-46(25-24-44(45)38-43)52-15-9-21-61-64(52)55-12-3-6-18-58(55)68-61;29-23-14-12-18(13-15-23)19-8-9-21-17-22(11-10-20(21)16-19)24-5-3-7-27-28(24)25-4-1-2-6-26(25)30-27;19-13-10-8-12(9-11-13)14-5-3-7-17-18(14)15-4-1-2-6-16(15)20-17/h1-39H;1-17H,29H2;1-11H. The summed E-state index contributed by atoms with van der Waals surface area (Å²) in [6.07, 6.45) is 0. The van der Waals surface area contributed by atoms with Crippen LogP contribution < -0.4 is 10.6 Å². The van der Waals surface area contributed by atoms with Gasteiger partial charge in [0.05, 0.1) is 0 Å². The van der Waals surface area contributed by atoms with E-state index in [1.54, 1.807) is 0 Å². The summed E-state index contributed by atoms with van der Waals surface area (Å²) in [7, 11) is 0. The van der Waals surface area contributed by atoms with Crippen LogP contribution >= 0.6 is 11.6 Å². The Morgan fingerprint density at radius 1 is 0.186 bits per heavy atom. The number of para-hydroxylation sites is 5. The van der Waals surface area contributed by atoms with E-state index in [0.717, 1.165) is 165 Å². The molecule has 24 aromatic rings. The molecular formula is C110H69ClN2O5. The summed E-state index contributed by atoms with van der Waals surface area (Å²) in [5.41, 5.74) is 35.2. The van der Waals surface area contributed by atoms with Crippen LogP contribution in [-0.4, -0.2) is 0 Å². The number of fused-ring (bicyclic) bond motifs is 17. The molecule has 0 unspecified atom stereocenters. The molecule has 0 atom stereocenters. The molecule has 0 aliphatic carbocycles. The summed E-state index contributed by atoms with van der Waals surface area (Å²) in [4.78, 5) is 2.34. The van der Waals surface area contributed by atoms with Crippen LogP contribution in [-0.2, 0) is 0 Å². The number of furan rings is 5. The van der Waals surface area contributed by atoms with Crippen LogP contribution in [0.2, 0.25) is 5.02 Å². The van der Waals surface area contributed by atoms with E-state index in [1.165, 1.54) is 71.4 Å². The second-order valence-corrected chi connectivity index (χ2v) is 30.5. The molecule has 5 heterocycles. The average molecular weight is 1530 g/mol. The third kappa shape index (κ3) is 12.4. The van der Waals surface area contributed by atoms with Crippen molar-refractivity contribution in [1.29, 1.82) is 0 Å². The van der Waals surface area contributed by atoms with E-state index in [2.05, 4.69) is 290 Å². The molecule has 7 nitrogen and oxygen atoms in total. The Hall–Kier alpha value is -15.4. The minimum absolute atomic E-state index is 0.748. The van der Waals surface area contributed by atoms with Crippen molar-refractivity contribution in [2.24, 2.45) is 0 Å². The highest BCUT2D eigenvalue weighted by Gasteiger charge is 2.21. The average Bonchev–Trinajstić information content (AvgIpc) is 1.55. The molecule has 0 saturated heterocycles. The number of nitrogen functional groups attached to an aromatic ring is 1. The van der Waals surface area contributed by atoms with Gasteiger partial charge in [-0.15, -0.1) is 0 Å². The maximum Gasteiger partial charge on any atom is 0.136 e. The SMILES string of the molecule is Clc1ccc(-c2cccc3oc4ccccc4c23)cc1.Nc1ccc(-c2ccc3cc(-c4cccc5oc6ccccc6c45)ccc3c2)cc1.c1ccc2c(c1)oc1cccc(-c3ccc(N(c4ccc(-c5ccc6cc(-c7cccc8oc9ccccc9c78)ccc6c5)cc4)c4ccc(-c5cccc6oc7ccccc7c56)cc4)cc3)c12. The first-order valence-electron chi connectivity index (χ1n) is 39.6. The van der Waals surface area contributed by atoms with Gasteiger partial charge in [0.1, 0.15) is 55.8 Å². The Morgan fingerprint density at radius 3 is 0.703 bits per heavy atom. The van der Waals surface area contributed by atoms with Gasteiger partial charge >= 0.3 is 0 Å². The van der Waals surface area contributed by atoms with Gasteiger partial charge in [-0.05, 0) is 245 Å². The van der Waals surface area contributed by atoms with Crippen molar-refractivity contribution in [2.45, 2.75) is 0 Å². The smallest absolute Gasteiger partial charge is 0.136 e. The lowest BCUT2D eigenvalue weighted by molar-refractivity contribution is 0.668. The van der Waals surface area contributed by atoms with Gasteiger partial charge in [-0.2, -0.15) is 0 Å². The highest BCUT2D eigenvalue weighted by atomic mass is 35.5. The van der Waals surface area contributed by atoms with Crippen molar-refractivity contribution in [1.82, 2.24) is 0 Å². The number of rotatable bonds is 10. The van der Waals surface area contributed by atoms with E-state index in [1.807, 2.05) is 121 Å². The molecule has 556 valence electrons. The maximum atomic E-state index is 6.26. The molecule has 0 radical (unpaired) electrons. The van der Waals surface area contributed by atoms with E-state index in [9.17, 15) is 0 Å². The number of hydrogen-bond acceptors (Lipinski definition) is 7. The molecule has 0 spiro atoms. The molecule has 0 saturated carbocycles. The van der Waals surface area contributed by atoms with Gasteiger partial charge in [0, 0.05) is 81.6 Å². The molecule has 0 bridgehead atoms. The normalized spacial score (nSPS) is 11.6. The first kappa shape index (κ1) is 69.3. The van der Waals surface area contributed by atoms with Crippen LogP contribution in [0.1, 0.15) is 0 Å². The number of benzene rings is 19. The summed E-state index contributed by atoms with van der Waals surface area (Å²) >= 11 is 5.97. The lowest BCUT2D eigenvalue weighted by Crippen LogP contribution is -2.09. The van der Waals surface area contributed by atoms with Crippen molar-refractivity contribution < 1.29 is 22.1 Å². The largest absolute Gasteiger partial charge is 0.456 e. The summed E-state index contributed by atoms with van der Waals surface area (Å²) in [6, 6.07) is 142. The fourth-order valence-electron chi connectivity index (χ4n) is 17.4. The Morgan fingerprint density at radius 2 is 0.407 bits per heavy atom. The Labute approximate surface area is 683 Å². The van der Waals surface area contributed by atoms with Gasteiger partial charge in [-0.3, -0.25) is 0 Å². The Bertz CT molecular complexity index is 7850. The van der Waals surface area contributed by atoms with Gasteiger partial charge in [0.2, 0.25) is 0 Å². The first-order valence-corrected chi connectivity index (χ1v) is 40.0. The third-order valence-electron chi connectivity index (χ3n) is 23.0. The van der Waals surface area contributed by atoms with Crippen LogP contribution in [0.25, 0.3) is 209 Å². The predicted molar refractivity (Wildman–Crippen MR) is 493 cm³/mol. The number of nitrogens with two attached hydrogens (primary N) is 1. The van der Waals surface area contributed by atoms with Crippen LogP contribution in [0.3, 0.4) is 0 Å². The molecule has 24 rings (SSSR count). The van der Waals surface area contributed by atoms with Gasteiger partial charge in [0.15, 0.2) is 0 Å². The number of hydrogen-bond donors (Lipinski definition) is 1. The van der Waals surface area contributed by atoms with Gasteiger partial charge in [0.25, 0.3) is 0 Å². The van der Waals surface area contributed by atoms with Crippen molar-refractivity contribution >= 4 is 166 Å². The van der Waals surface area contributed by atoms with E-state index in [-0.39, 0.29) is 0 Å². The zero-order valence-electron chi connectivity index (χ0n) is 63.6. The first-order chi connectivity index (χ1) is 58.3. The van der Waals surface area contributed by atoms with Crippen LogP contribution in [0.5, 0.6) is 0 Å². The van der Waals surface area contributed by atoms with Crippen molar-refractivity contribution in [3.8, 4) is 77.9 Å². The number of anilines is 4. The van der Waals surface area contributed by atoms with Gasteiger partial charge in [-0.25, -0.2) is 0 Å². The molecule has 2 N–H and O–H groups in total. The summed E-state index contributed by atoms with van der Waals surface area (Å²) < 4.78 is 30.7. The molecule has 118 heavy (non-hydrogen) atoms. The summed E-state index contributed by atoms with van der Waals surface area (Å²) in [6.45, 7) is 0. The van der Waals surface area contributed by atoms with Crippen LogP contribution in [0.4, 0.5) is 22.7 Å². The van der Waals surface area contributed by atoms with Crippen molar-refractivity contribution in [2.75, 3.05) is 10.6 Å².